The summed E-state index contributed by atoms with van der Waals surface area (Å²) in [5.74, 6) is 1.34. The number of hydrogen-bond donors (Lipinski definition) is 2. The average molecular weight is 496 g/mol. The molecule has 0 radical (unpaired) electrons. The number of ether oxygens (including phenoxy) is 2. The Hall–Kier alpha value is -2.77. The molecule has 0 bridgehead atoms. The largest absolute Gasteiger partial charge is 0.462 e. The third kappa shape index (κ3) is 6.51. The van der Waals surface area contributed by atoms with Crippen LogP contribution in [0.4, 0.5) is 4.39 Å². The number of fused-ring (bicyclic) bond motifs is 2. The SMILES string of the molecule is CNCCOC(=O)C(CCCc1nc2ccccc2[nH]1)OCC1CCc2cc(F)ccc2C1C(C)C. The van der Waals surface area contributed by atoms with Gasteiger partial charge in [-0.3, -0.25) is 0 Å². The maximum Gasteiger partial charge on any atom is 0.335 e. The molecule has 3 atom stereocenters. The summed E-state index contributed by atoms with van der Waals surface area (Å²) >= 11 is 0. The van der Waals surface area contributed by atoms with Crippen molar-refractivity contribution in [3.8, 4) is 0 Å². The van der Waals surface area contributed by atoms with Gasteiger partial charge in [-0.15, -0.1) is 0 Å². The minimum atomic E-state index is -0.617. The zero-order valence-corrected chi connectivity index (χ0v) is 21.6. The number of imidazole rings is 1. The first-order chi connectivity index (χ1) is 17.5. The van der Waals surface area contributed by atoms with Crippen LogP contribution in [0.3, 0.4) is 0 Å². The van der Waals surface area contributed by atoms with Crippen LogP contribution in [-0.2, 0) is 27.1 Å². The fourth-order valence-corrected chi connectivity index (χ4v) is 5.42. The molecule has 1 heterocycles. The van der Waals surface area contributed by atoms with Crippen LogP contribution < -0.4 is 5.32 Å². The lowest BCUT2D eigenvalue weighted by Crippen LogP contribution is -2.34. The maximum atomic E-state index is 13.8. The Kier molecular flexibility index (Phi) is 9.10. The third-order valence-corrected chi connectivity index (χ3v) is 7.16. The van der Waals surface area contributed by atoms with Crippen molar-refractivity contribution < 1.29 is 18.7 Å². The van der Waals surface area contributed by atoms with Crippen molar-refractivity contribution in [3.63, 3.8) is 0 Å². The molecule has 194 valence electrons. The molecule has 0 amide bonds. The Morgan fingerprint density at radius 1 is 1.25 bits per heavy atom. The molecule has 1 aliphatic rings. The highest BCUT2D eigenvalue weighted by atomic mass is 19.1. The number of benzene rings is 2. The highest BCUT2D eigenvalue weighted by Crippen LogP contribution is 2.41. The van der Waals surface area contributed by atoms with Crippen molar-refractivity contribution in [1.29, 1.82) is 0 Å². The molecule has 1 aromatic heterocycles. The van der Waals surface area contributed by atoms with Crippen LogP contribution in [0.25, 0.3) is 11.0 Å². The Morgan fingerprint density at radius 3 is 2.86 bits per heavy atom. The smallest absolute Gasteiger partial charge is 0.335 e. The van der Waals surface area contributed by atoms with Gasteiger partial charge in [-0.2, -0.15) is 0 Å². The number of aromatic nitrogens is 2. The standard InChI is InChI=1S/C29H38FN3O3/c1-19(2)28-21(12-11-20-17-22(30)13-14-23(20)28)18-36-26(29(34)35-16-15-31-3)9-6-10-27-32-24-7-4-5-8-25(24)33-27/h4-5,7-8,13-14,17,19,21,26,28,31H,6,9-12,15-16,18H2,1-3H3,(H,32,33). The number of carbonyl (C=O) groups is 1. The summed E-state index contributed by atoms with van der Waals surface area (Å²) in [5.41, 5.74) is 4.27. The Bertz CT molecular complexity index is 1110. The molecule has 36 heavy (non-hydrogen) atoms. The zero-order chi connectivity index (χ0) is 25.5. The number of para-hydroxylation sites is 2. The maximum absolute atomic E-state index is 13.8. The van der Waals surface area contributed by atoms with Gasteiger partial charge >= 0.3 is 5.97 Å². The summed E-state index contributed by atoms with van der Waals surface area (Å²) in [4.78, 5) is 20.9. The summed E-state index contributed by atoms with van der Waals surface area (Å²) in [7, 11) is 1.83. The number of H-pyrrole nitrogens is 1. The van der Waals surface area contributed by atoms with Gasteiger partial charge in [-0.1, -0.05) is 32.0 Å². The second-order valence-electron chi connectivity index (χ2n) is 10.1. The summed E-state index contributed by atoms with van der Waals surface area (Å²) in [6, 6.07) is 13.1. The van der Waals surface area contributed by atoms with Crippen molar-refractivity contribution >= 4 is 17.0 Å². The minimum Gasteiger partial charge on any atom is -0.462 e. The number of nitrogens with zero attached hydrogens (tertiary/aromatic N) is 1. The third-order valence-electron chi connectivity index (χ3n) is 7.16. The van der Waals surface area contributed by atoms with Gasteiger partial charge in [-0.05, 0) is 85.9 Å². The van der Waals surface area contributed by atoms with Crippen LogP contribution >= 0.6 is 0 Å². The van der Waals surface area contributed by atoms with Crippen molar-refractivity contribution in [2.45, 2.75) is 58.0 Å². The number of aromatic amines is 1. The molecular formula is C29H38FN3O3. The number of nitrogens with one attached hydrogen (secondary N) is 2. The second kappa shape index (κ2) is 12.5. The molecule has 1 aliphatic carbocycles. The fraction of sp³-hybridized carbons (Fsp3) is 0.517. The van der Waals surface area contributed by atoms with Gasteiger partial charge in [0.1, 0.15) is 18.2 Å². The van der Waals surface area contributed by atoms with Crippen molar-refractivity contribution in [3.05, 3.63) is 65.2 Å². The van der Waals surface area contributed by atoms with E-state index in [-0.39, 0.29) is 23.6 Å². The molecule has 3 aromatic rings. The predicted molar refractivity (Wildman–Crippen MR) is 139 cm³/mol. The van der Waals surface area contributed by atoms with Crippen molar-refractivity contribution in [2.75, 3.05) is 26.8 Å². The number of likely N-dealkylation sites (N-methyl/N-ethyl adjacent to an activating group) is 1. The first-order valence-electron chi connectivity index (χ1n) is 13.1. The van der Waals surface area contributed by atoms with E-state index >= 15 is 0 Å². The minimum absolute atomic E-state index is 0.181. The predicted octanol–water partition coefficient (Wildman–Crippen LogP) is 5.17. The normalized spacial score (nSPS) is 18.4. The molecule has 2 aromatic carbocycles. The Morgan fingerprint density at radius 2 is 2.08 bits per heavy atom. The van der Waals surface area contributed by atoms with Gasteiger partial charge in [0.15, 0.2) is 6.10 Å². The quantitative estimate of drug-likeness (QED) is 0.268. The van der Waals surface area contributed by atoms with E-state index in [9.17, 15) is 9.18 Å². The number of hydrogen-bond acceptors (Lipinski definition) is 5. The summed E-state index contributed by atoms with van der Waals surface area (Å²) in [6.45, 7) is 5.80. The molecular weight excluding hydrogens is 457 g/mol. The summed E-state index contributed by atoms with van der Waals surface area (Å²) in [5, 5.41) is 3.00. The van der Waals surface area contributed by atoms with Crippen LogP contribution in [0.1, 0.15) is 56.0 Å². The van der Waals surface area contributed by atoms with Crippen LogP contribution in [0.15, 0.2) is 42.5 Å². The summed E-state index contributed by atoms with van der Waals surface area (Å²) < 4.78 is 25.6. The van der Waals surface area contributed by atoms with Crippen LogP contribution in [0.5, 0.6) is 0 Å². The van der Waals surface area contributed by atoms with Gasteiger partial charge in [0.2, 0.25) is 0 Å². The lowest BCUT2D eigenvalue weighted by Gasteiger charge is -2.37. The number of esters is 1. The fourth-order valence-electron chi connectivity index (χ4n) is 5.42. The Balaban J connectivity index is 1.39. The number of rotatable bonds is 12. The van der Waals surface area contributed by atoms with Gasteiger partial charge in [0, 0.05) is 13.0 Å². The van der Waals surface area contributed by atoms with E-state index < -0.39 is 6.10 Å². The number of carbonyl (C=O) groups excluding carboxylic acids is 1. The van der Waals surface area contributed by atoms with Gasteiger partial charge in [-0.25, -0.2) is 14.2 Å². The molecule has 0 spiro atoms. The molecule has 4 rings (SSSR count). The zero-order valence-electron chi connectivity index (χ0n) is 21.6. The van der Waals surface area contributed by atoms with Crippen molar-refractivity contribution in [2.24, 2.45) is 11.8 Å². The molecule has 0 saturated heterocycles. The van der Waals surface area contributed by atoms with Gasteiger partial charge in [0.25, 0.3) is 0 Å². The molecule has 0 saturated carbocycles. The van der Waals surface area contributed by atoms with Gasteiger partial charge in [0.05, 0.1) is 17.6 Å². The number of halogens is 1. The highest BCUT2D eigenvalue weighted by Gasteiger charge is 2.33. The molecule has 2 N–H and O–H groups in total. The van der Waals surface area contributed by atoms with E-state index in [2.05, 4.69) is 29.1 Å². The summed E-state index contributed by atoms with van der Waals surface area (Å²) in [6.07, 6.45) is 3.18. The topological polar surface area (TPSA) is 76.2 Å². The average Bonchev–Trinajstić information content (AvgIpc) is 3.28. The molecule has 3 unspecified atom stereocenters. The second-order valence-corrected chi connectivity index (χ2v) is 10.1. The first-order valence-corrected chi connectivity index (χ1v) is 13.1. The molecule has 0 fully saturated rings. The highest BCUT2D eigenvalue weighted by molar-refractivity contribution is 5.75. The Labute approximate surface area is 213 Å². The van der Waals surface area contributed by atoms with Crippen LogP contribution in [0, 0.1) is 17.7 Å². The van der Waals surface area contributed by atoms with E-state index in [4.69, 9.17) is 9.47 Å². The molecule has 6 nitrogen and oxygen atoms in total. The molecule has 7 heteroatoms. The number of aryl methyl sites for hydroxylation is 2. The lowest BCUT2D eigenvalue weighted by atomic mass is 9.70. The lowest BCUT2D eigenvalue weighted by molar-refractivity contribution is -0.159. The molecule has 0 aliphatic heterocycles. The van der Waals surface area contributed by atoms with Crippen molar-refractivity contribution in [1.82, 2.24) is 15.3 Å². The van der Waals surface area contributed by atoms with Crippen LogP contribution in [-0.4, -0.2) is 48.8 Å². The first kappa shape index (κ1) is 26.3. The van der Waals surface area contributed by atoms with E-state index in [1.165, 1.54) is 5.56 Å². The van der Waals surface area contributed by atoms with E-state index in [0.29, 0.717) is 32.1 Å². The van der Waals surface area contributed by atoms with E-state index in [1.54, 1.807) is 12.1 Å². The monoisotopic (exact) mass is 495 g/mol. The van der Waals surface area contributed by atoms with Gasteiger partial charge < -0.3 is 19.8 Å². The van der Waals surface area contributed by atoms with Crippen LogP contribution in [0.2, 0.25) is 0 Å². The van der Waals surface area contributed by atoms with E-state index in [1.807, 2.05) is 37.4 Å². The van der Waals surface area contributed by atoms with E-state index in [0.717, 1.165) is 48.1 Å².